The molecule has 0 amide bonds. The quantitative estimate of drug-likeness (QED) is 0.238. The van der Waals surface area contributed by atoms with Crippen molar-refractivity contribution in [1.29, 1.82) is 0 Å². The average molecular weight is 431 g/mol. The van der Waals surface area contributed by atoms with E-state index < -0.39 is 0 Å². The number of hydrogen-bond acceptors (Lipinski definition) is 2. The van der Waals surface area contributed by atoms with Crippen LogP contribution in [0.5, 0.6) is 11.5 Å². The van der Waals surface area contributed by atoms with Crippen molar-refractivity contribution in [3.63, 3.8) is 0 Å². The lowest BCUT2D eigenvalue weighted by atomic mass is 10.0. The van der Waals surface area contributed by atoms with Crippen LogP contribution >= 0.6 is 0 Å². The fourth-order valence-corrected chi connectivity index (χ4v) is 3.78. The van der Waals surface area contributed by atoms with Crippen molar-refractivity contribution in [3.8, 4) is 33.8 Å². The Hall–Kier alpha value is -2.74. The Balaban J connectivity index is 1.51. The van der Waals surface area contributed by atoms with Crippen LogP contribution in [-0.4, -0.2) is 13.2 Å². The zero-order valence-electron chi connectivity index (χ0n) is 19.8. The van der Waals surface area contributed by atoms with E-state index in [-0.39, 0.29) is 0 Å². The summed E-state index contributed by atoms with van der Waals surface area (Å²) in [5, 5.41) is 0. The van der Waals surface area contributed by atoms with Crippen LogP contribution in [-0.2, 0) is 0 Å². The first-order valence-corrected chi connectivity index (χ1v) is 12.4. The van der Waals surface area contributed by atoms with Crippen molar-refractivity contribution in [3.05, 3.63) is 72.8 Å². The first kappa shape index (κ1) is 23.9. The zero-order chi connectivity index (χ0) is 22.4. The van der Waals surface area contributed by atoms with Crippen molar-refractivity contribution in [2.75, 3.05) is 13.2 Å². The van der Waals surface area contributed by atoms with Crippen LogP contribution in [0, 0.1) is 0 Å². The van der Waals surface area contributed by atoms with Gasteiger partial charge in [0.2, 0.25) is 0 Å². The smallest absolute Gasteiger partial charge is 0.119 e. The van der Waals surface area contributed by atoms with Gasteiger partial charge in [0, 0.05) is 0 Å². The van der Waals surface area contributed by atoms with Gasteiger partial charge in [0.1, 0.15) is 11.5 Å². The molecule has 3 rings (SSSR count). The predicted octanol–water partition coefficient (Wildman–Crippen LogP) is 8.94. The normalized spacial score (nSPS) is 10.8. The van der Waals surface area contributed by atoms with Crippen molar-refractivity contribution in [2.24, 2.45) is 0 Å². The van der Waals surface area contributed by atoms with Gasteiger partial charge < -0.3 is 9.47 Å². The molecule has 3 aromatic rings. The maximum Gasteiger partial charge on any atom is 0.119 e. The SMILES string of the molecule is CCCCCCOc1ccc(-c2ccc(-c3ccc(OCCCCCC)cc3)cc2)cc1. The summed E-state index contributed by atoms with van der Waals surface area (Å²) in [4.78, 5) is 0. The van der Waals surface area contributed by atoms with E-state index in [4.69, 9.17) is 9.47 Å². The van der Waals surface area contributed by atoms with Gasteiger partial charge in [-0.15, -0.1) is 0 Å². The van der Waals surface area contributed by atoms with Crippen LogP contribution < -0.4 is 9.47 Å². The molecule has 3 aromatic carbocycles. The van der Waals surface area contributed by atoms with Gasteiger partial charge in [-0.1, -0.05) is 101 Å². The standard InChI is InChI=1S/C30H38O2/c1-3-5-7-9-23-31-29-19-15-27(16-20-29)25-11-13-26(14-12-25)28-17-21-30(22-18-28)32-24-10-8-6-4-2/h11-22H,3-10,23-24H2,1-2H3. The molecular weight excluding hydrogens is 392 g/mol. The molecule has 0 spiro atoms. The second-order valence-electron chi connectivity index (χ2n) is 8.44. The van der Waals surface area contributed by atoms with E-state index in [1.165, 1.54) is 60.8 Å². The Morgan fingerprint density at radius 2 is 0.719 bits per heavy atom. The largest absolute Gasteiger partial charge is 0.494 e. The van der Waals surface area contributed by atoms with Crippen molar-refractivity contribution in [1.82, 2.24) is 0 Å². The van der Waals surface area contributed by atoms with Crippen LogP contribution in [0.3, 0.4) is 0 Å². The molecule has 0 aromatic heterocycles. The van der Waals surface area contributed by atoms with Gasteiger partial charge in [-0.2, -0.15) is 0 Å². The van der Waals surface area contributed by atoms with Gasteiger partial charge in [-0.25, -0.2) is 0 Å². The maximum absolute atomic E-state index is 5.86. The molecular formula is C30H38O2. The number of ether oxygens (including phenoxy) is 2. The molecule has 0 unspecified atom stereocenters. The minimum atomic E-state index is 0.802. The molecule has 0 aliphatic heterocycles. The lowest BCUT2D eigenvalue weighted by Gasteiger charge is -2.09. The fraction of sp³-hybridized carbons (Fsp3) is 0.400. The molecule has 0 N–H and O–H groups in total. The molecule has 0 saturated carbocycles. The molecule has 2 nitrogen and oxygen atoms in total. The van der Waals surface area contributed by atoms with E-state index in [0.29, 0.717) is 0 Å². The second kappa shape index (κ2) is 13.6. The summed E-state index contributed by atoms with van der Waals surface area (Å²) >= 11 is 0. The Kier molecular flexibility index (Phi) is 10.2. The Labute approximate surface area is 194 Å². The van der Waals surface area contributed by atoms with E-state index in [9.17, 15) is 0 Å². The first-order valence-electron chi connectivity index (χ1n) is 12.4. The molecule has 0 radical (unpaired) electrons. The van der Waals surface area contributed by atoms with Gasteiger partial charge in [-0.3, -0.25) is 0 Å². The maximum atomic E-state index is 5.86. The third kappa shape index (κ3) is 7.75. The van der Waals surface area contributed by atoms with E-state index in [1.54, 1.807) is 0 Å². The third-order valence-electron chi connectivity index (χ3n) is 5.79. The summed E-state index contributed by atoms with van der Waals surface area (Å²) in [6, 6.07) is 25.6. The molecule has 0 atom stereocenters. The second-order valence-corrected chi connectivity index (χ2v) is 8.44. The van der Waals surface area contributed by atoms with E-state index in [1.807, 2.05) is 0 Å². The highest BCUT2D eigenvalue weighted by atomic mass is 16.5. The van der Waals surface area contributed by atoms with Crippen LogP contribution in [0.4, 0.5) is 0 Å². The minimum absolute atomic E-state index is 0.802. The van der Waals surface area contributed by atoms with Gasteiger partial charge in [0.25, 0.3) is 0 Å². The van der Waals surface area contributed by atoms with Gasteiger partial charge in [0.05, 0.1) is 13.2 Å². The summed E-state index contributed by atoms with van der Waals surface area (Å²) in [5.74, 6) is 1.91. The van der Waals surface area contributed by atoms with E-state index in [2.05, 4.69) is 86.6 Å². The number of hydrogen-bond donors (Lipinski definition) is 0. The molecule has 32 heavy (non-hydrogen) atoms. The Bertz CT molecular complexity index is 803. The molecule has 170 valence electrons. The van der Waals surface area contributed by atoms with Crippen molar-refractivity contribution >= 4 is 0 Å². The number of benzene rings is 3. The summed E-state index contributed by atoms with van der Waals surface area (Å²) in [7, 11) is 0. The van der Waals surface area contributed by atoms with Crippen LogP contribution in [0.25, 0.3) is 22.3 Å². The van der Waals surface area contributed by atoms with Crippen LogP contribution in [0.2, 0.25) is 0 Å². The summed E-state index contributed by atoms with van der Waals surface area (Å²) in [6.07, 6.45) is 9.83. The van der Waals surface area contributed by atoms with Crippen molar-refractivity contribution in [2.45, 2.75) is 65.2 Å². The first-order chi connectivity index (χ1) is 15.8. The molecule has 0 saturated heterocycles. The third-order valence-corrected chi connectivity index (χ3v) is 5.79. The molecule has 0 aliphatic rings. The lowest BCUT2D eigenvalue weighted by Crippen LogP contribution is -1.97. The average Bonchev–Trinajstić information content (AvgIpc) is 2.85. The molecule has 0 bridgehead atoms. The minimum Gasteiger partial charge on any atom is -0.494 e. The van der Waals surface area contributed by atoms with Crippen LogP contribution in [0.1, 0.15) is 65.2 Å². The molecule has 2 heteroatoms. The Morgan fingerprint density at radius 1 is 0.406 bits per heavy atom. The van der Waals surface area contributed by atoms with Crippen LogP contribution in [0.15, 0.2) is 72.8 Å². The molecule has 0 fully saturated rings. The summed E-state index contributed by atoms with van der Waals surface area (Å²) < 4.78 is 11.7. The van der Waals surface area contributed by atoms with Gasteiger partial charge in [-0.05, 0) is 59.4 Å². The molecule has 0 aliphatic carbocycles. The van der Waals surface area contributed by atoms with E-state index >= 15 is 0 Å². The number of unbranched alkanes of at least 4 members (excludes halogenated alkanes) is 6. The monoisotopic (exact) mass is 430 g/mol. The predicted molar refractivity (Wildman–Crippen MR) is 137 cm³/mol. The van der Waals surface area contributed by atoms with Gasteiger partial charge >= 0.3 is 0 Å². The zero-order valence-corrected chi connectivity index (χ0v) is 19.8. The highest BCUT2D eigenvalue weighted by Gasteiger charge is 2.03. The fourth-order valence-electron chi connectivity index (χ4n) is 3.78. The van der Waals surface area contributed by atoms with Gasteiger partial charge in [0.15, 0.2) is 0 Å². The number of rotatable bonds is 14. The summed E-state index contributed by atoms with van der Waals surface area (Å²) in [5.41, 5.74) is 4.86. The van der Waals surface area contributed by atoms with Crippen molar-refractivity contribution < 1.29 is 9.47 Å². The lowest BCUT2D eigenvalue weighted by molar-refractivity contribution is 0.305. The summed E-state index contributed by atoms with van der Waals surface area (Å²) in [6.45, 7) is 6.06. The topological polar surface area (TPSA) is 18.5 Å². The molecule has 0 heterocycles. The van der Waals surface area contributed by atoms with E-state index in [0.717, 1.165) is 37.6 Å². The Morgan fingerprint density at radius 3 is 1.03 bits per heavy atom. The highest BCUT2D eigenvalue weighted by molar-refractivity contribution is 5.71. The highest BCUT2D eigenvalue weighted by Crippen LogP contribution is 2.27.